The number of aromatic nitrogens is 3. The second-order valence-electron chi connectivity index (χ2n) is 6.78. The standard InChI is InChI=1S/C18H25N5OS/c1-4-6-15-17(25-21-20-15)18(24)23-10-5-7-16(23)14-9-8-13(11-19-14)12-22(2)3/h8-9,11,16H,4-7,10,12H2,1-3H3. The molecule has 7 heteroatoms. The molecule has 0 aromatic carbocycles. The van der Waals surface area contributed by atoms with Crippen LogP contribution in [-0.2, 0) is 13.0 Å². The average molecular weight is 359 g/mol. The molecule has 0 saturated carbocycles. The highest BCUT2D eigenvalue weighted by atomic mass is 32.1. The highest BCUT2D eigenvalue weighted by Crippen LogP contribution is 2.33. The summed E-state index contributed by atoms with van der Waals surface area (Å²) in [5, 5.41) is 4.14. The van der Waals surface area contributed by atoms with Gasteiger partial charge in [-0.05, 0) is 56.5 Å². The number of rotatable bonds is 6. The van der Waals surface area contributed by atoms with Crippen LogP contribution in [0.4, 0.5) is 0 Å². The summed E-state index contributed by atoms with van der Waals surface area (Å²) in [4.78, 5) is 22.4. The van der Waals surface area contributed by atoms with Crippen molar-refractivity contribution in [3.05, 3.63) is 40.2 Å². The van der Waals surface area contributed by atoms with Gasteiger partial charge in [-0.1, -0.05) is 23.9 Å². The molecule has 1 aliphatic heterocycles. The van der Waals surface area contributed by atoms with E-state index in [-0.39, 0.29) is 11.9 Å². The lowest BCUT2D eigenvalue weighted by Gasteiger charge is -2.24. The minimum Gasteiger partial charge on any atom is -0.329 e. The second kappa shape index (κ2) is 8.01. The molecule has 1 fully saturated rings. The molecule has 1 atom stereocenters. The monoisotopic (exact) mass is 359 g/mol. The Morgan fingerprint density at radius 2 is 2.24 bits per heavy atom. The zero-order valence-corrected chi connectivity index (χ0v) is 15.9. The predicted molar refractivity (Wildman–Crippen MR) is 98.5 cm³/mol. The molecule has 0 bridgehead atoms. The SMILES string of the molecule is CCCc1nnsc1C(=O)N1CCCC1c1ccc(CN(C)C)cn1. The van der Waals surface area contributed by atoms with Gasteiger partial charge in [0, 0.05) is 19.3 Å². The molecular weight excluding hydrogens is 334 g/mol. The molecule has 2 aromatic heterocycles. The van der Waals surface area contributed by atoms with E-state index in [2.05, 4.69) is 38.5 Å². The summed E-state index contributed by atoms with van der Waals surface area (Å²) in [5.41, 5.74) is 2.99. The number of likely N-dealkylation sites (tertiary alicyclic amines) is 1. The Hall–Kier alpha value is -1.86. The van der Waals surface area contributed by atoms with Gasteiger partial charge in [0.15, 0.2) is 0 Å². The number of carbonyl (C=O) groups excluding carboxylic acids is 1. The largest absolute Gasteiger partial charge is 0.329 e. The van der Waals surface area contributed by atoms with Gasteiger partial charge in [0.2, 0.25) is 0 Å². The summed E-state index contributed by atoms with van der Waals surface area (Å²) in [6, 6.07) is 4.23. The molecule has 0 radical (unpaired) electrons. The minimum absolute atomic E-state index is 0.0532. The number of carbonyl (C=O) groups is 1. The Balaban J connectivity index is 1.78. The van der Waals surface area contributed by atoms with Crippen LogP contribution in [0.15, 0.2) is 18.3 Å². The zero-order valence-electron chi connectivity index (χ0n) is 15.1. The lowest BCUT2D eigenvalue weighted by atomic mass is 10.1. The van der Waals surface area contributed by atoms with Crippen molar-refractivity contribution in [1.29, 1.82) is 0 Å². The molecule has 0 spiro atoms. The van der Waals surface area contributed by atoms with Crippen LogP contribution >= 0.6 is 11.5 Å². The van der Waals surface area contributed by atoms with Crippen LogP contribution in [0.25, 0.3) is 0 Å². The molecule has 0 N–H and O–H groups in total. The van der Waals surface area contributed by atoms with Crippen LogP contribution in [0.2, 0.25) is 0 Å². The van der Waals surface area contributed by atoms with Crippen molar-refractivity contribution in [2.75, 3.05) is 20.6 Å². The van der Waals surface area contributed by atoms with Crippen molar-refractivity contribution in [1.82, 2.24) is 24.4 Å². The van der Waals surface area contributed by atoms with E-state index < -0.39 is 0 Å². The molecule has 2 aromatic rings. The van der Waals surface area contributed by atoms with E-state index in [0.717, 1.165) is 50.2 Å². The quantitative estimate of drug-likeness (QED) is 0.793. The van der Waals surface area contributed by atoms with Crippen LogP contribution in [0.3, 0.4) is 0 Å². The highest BCUT2D eigenvalue weighted by Gasteiger charge is 2.33. The van der Waals surface area contributed by atoms with Gasteiger partial charge in [-0.25, -0.2) is 0 Å². The lowest BCUT2D eigenvalue weighted by Crippen LogP contribution is -2.31. The molecule has 134 valence electrons. The van der Waals surface area contributed by atoms with Crippen LogP contribution in [0, 0.1) is 0 Å². The summed E-state index contributed by atoms with van der Waals surface area (Å²) in [6.07, 6.45) is 5.65. The first-order chi connectivity index (χ1) is 12.1. The van der Waals surface area contributed by atoms with Crippen LogP contribution in [0.5, 0.6) is 0 Å². The fourth-order valence-electron chi connectivity index (χ4n) is 3.31. The summed E-state index contributed by atoms with van der Waals surface area (Å²) in [5.74, 6) is 0.0557. The van der Waals surface area contributed by atoms with Gasteiger partial charge >= 0.3 is 0 Å². The van der Waals surface area contributed by atoms with Crippen LogP contribution < -0.4 is 0 Å². The van der Waals surface area contributed by atoms with Crippen molar-refractivity contribution in [2.24, 2.45) is 0 Å². The van der Waals surface area contributed by atoms with E-state index in [9.17, 15) is 4.79 Å². The molecule has 1 saturated heterocycles. The number of nitrogens with zero attached hydrogens (tertiary/aromatic N) is 5. The van der Waals surface area contributed by atoms with Crippen LogP contribution in [0.1, 0.15) is 58.9 Å². The van der Waals surface area contributed by atoms with Crippen molar-refractivity contribution < 1.29 is 4.79 Å². The molecule has 25 heavy (non-hydrogen) atoms. The van der Waals surface area contributed by atoms with Crippen molar-refractivity contribution in [2.45, 2.75) is 45.2 Å². The van der Waals surface area contributed by atoms with Gasteiger partial charge in [0.25, 0.3) is 5.91 Å². The van der Waals surface area contributed by atoms with Gasteiger partial charge < -0.3 is 9.80 Å². The average Bonchev–Trinajstić information content (AvgIpc) is 3.24. The first kappa shape index (κ1) is 17.9. The lowest BCUT2D eigenvalue weighted by molar-refractivity contribution is 0.0736. The van der Waals surface area contributed by atoms with Crippen molar-refractivity contribution in [3.8, 4) is 0 Å². The van der Waals surface area contributed by atoms with E-state index in [4.69, 9.17) is 0 Å². The maximum absolute atomic E-state index is 13.0. The van der Waals surface area contributed by atoms with Crippen molar-refractivity contribution >= 4 is 17.4 Å². The number of pyridine rings is 1. The summed E-state index contributed by atoms with van der Waals surface area (Å²) >= 11 is 1.21. The number of aryl methyl sites for hydroxylation is 1. The fraction of sp³-hybridized carbons (Fsp3) is 0.556. The predicted octanol–water partition coefficient (Wildman–Crippen LogP) is 2.92. The van der Waals surface area contributed by atoms with E-state index in [0.29, 0.717) is 4.88 Å². The molecule has 1 unspecified atom stereocenters. The molecule has 1 amide bonds. The summed E-state index contributed by atoms with van der Waals surface area (Å²) in [7, 11) is 4.09. The Morgan fingerprint density at radius 3 is 2.92 bits per heavy atom. The van der Waals surface area contributed by atoms with Crippen LogP contribution in [-0.4, -0.2) is 50.9 Å². The van der Waals surface area contributed by atoms with Crippen molar-refractivity contribution in [3.63, 3.8) is 0 Å². The Bertz CT molecular complexity index is 713. The maximum atomic E-state index is 13.0. The second-order valence-corrected chi connectivity index (χ2v) is 7.54. The molecular formula is C18H25N5OS. The number of hydrogen-bond donors (Lipinski definition) is 0. The first-order valence-electron chi connectivity index (χ1n) is 8.82. The smallest absolute Gasteiger partial charge is 0.268 e. The van der Waals surface area contributed by atoms with E-state index in [1.165, 1.54) is 17.1 Å². The van der Waals surface area contributed by atoms with Gasteiger partial charge in [0.05, 0.1) is 17.4 Å². The molecule has 3 heterocycles. The third-order valence-corrected chi connectivity index (χ3v) is 5.19. The summed E-state index contributed by atoms with van der Waals surface area (Å²) in [6.45, 7) is 3.73. The third kappa shape index (κ3) is 4.04. The van der Waals surface area contributed by atoms with E-state index >= 15 is 0 Å². The fourth-order valence-corrected chi connectivity index (χ4v) is 3.98. The number of amides is 1. The normalized spacial score (nSPS) is 17.4. The molecule has 0 aliphatic carbocycles. The Labute approximate surface area is 153 Å². The maximum Gasteiger partial charge on any atom is 0.268 e. The molecule has 1 aliphatic rings. The Morgan fingerprint density at radius 1 is 1.40 bits per heavy atom. The minimum atomic E-state index is 0.0532. The zero-order chi connectivity index (χ0) is 17.8. The molecule has 6 nitrogen and oxygen atoms in total. The summed E-state index contributed by atoms with van der Waals surface area (Å²) < 4.78 is 3.99. The molecule has 3 rings (SSSR count). The highest BCUT2D eigenvalue weighted by molar-refractivity contribution is 7.08. The van der Waals surface area contributed by atoms with Gasteiger partial charge in [-0.3, -0.25) is 9.78 Å². The Kier molecular flexibility index (Phi) is 5.75. The first-order valence-corrected chi connectivity index (χ1v) is 9.59. The van der Waals surface area contributed by atoms with Gasteiger partial charge in [-0.2, -0.15) is 0 Å². The van der Waals surface area contributed by atoms with Gasteiger partial charge in [-0.15, -0.1) is 5.10 Å². The van der Waals surface area contributed by atoms with E-state index in [1.54, 1.807) is 0 Å². The number of hydrogen-bond acceptors (Lipinski definition) is 6. The third-order valence-electron chi connectivity index (χ3n) is 4.44. The van der Waals surface area contributed by atoms with E-state index in [1.807, 2.05) is 25.2 Å². The topological polar surface area (TPSA) is 62.2 Å². The van der Waals surface area contributed by atoms with Gasteiger partial charge in [0.1, 0.15) is 4.88 Å².